The molecule has 1 aromatic heterocycles. The number of aromatic nitrogens is 2. The molecule has 8 heteroatoms. The molecule has 2 atom stereocenters. The molecular weight excluding hydrogens is 378 g/mol. The van der Waals surface area contributed by atoms with E-state index in [9.17, 15) is 4.79 Å². The van der Waals surface area contributed by atoms with Crippen molar-refractivity contribution in [2.75, 3.05) is 38.1 Å². The molecule has 28 heavy (non-hydrogen) atoms. The van der Waals surface area contributed by atoms with Crippen LogP contribution in [-0.2, 0) is 11.2 Å². The molecule has 7 nitrogen and oxygen atoms in total. The molecule has 0 radical (unpaired) electrons. The number of hydrogen-bond donors (Lipinski definition) is 1. The highest BCUT2D eigenvalue weighted by atomic mass is 35.5. The van der Waals surface area contributed by atoms with Crippen molar-refractivity contribution in [1.82, 2.24) is 20.4 Å². The van der Waals surface area contributed by atoms with E-state index in [0.717, 1.165) is 38.2 Å². The molecule has 2 aliphatic rings. The molecule has 0 bridgehead atoms. The van der Waals surface area contributed by atoms with E-state index in [1.165, 1.54) is 5.56 Å². The minimum absolute atomic E-state index is 0. The zero-order valence-electron chi connectivity index (χ0n) is 16.4. The minimum Gasteiger partial charge on any atom is -0.339 e. The quantitative estimate of drug-likeness (QED) is 0.823. The summed E-state index contributed by atoms with van der Waals surface area (Å²) in [4.78, 5) is 21.2. The van der Waals surface area contributed by atoms with Crippen LogP contribution < -0.4 is 10.2 Å². The Morgan fingerprint density at radius 2 is 2.07 bits per heavy atom. The Morgan fingerprint density at radius 1 is 1.29 bits per heavy atom. The Hall–Kier alpha value is -1.96. The summed E-state index contributed by atoms with van der Waals surface area (Å²) in [7, 11) is 2.07. The summed E-state index contributed by atoms with van der Waals surface area (Å²) in [6, 6.07) is 8.41. The molecule has 2 saturated heterocycles. The van der Waals surface area contributed by atoms with Crippen LogP contribution in [0.3, 0.4) is 0 Å². The Balaban J connectivity index is 0.00000225. The number of hydrogen-bond acceptors (Lipinski definition) is 6. The lowest BCUT2D eigenvalue weighted by Gasteiger charge is -2.30. The van der Waals surface area contributed by atoms with E-state index in [0.29, 0.717) is 24.7 Å². The normalized spacial score (nSPS) is 23.1. The number of carbonyl (C=O) groups is 1. The van der Waals surface area contributed by atoms with Crippen molar-refractivity contribution in [3.63, 3.8) is 0 Å². The number of nitrogens with one attached hydrogen (secondary N) is 1. The van der Waals surface area contributed by atoms with E-state index >= 15 is 0 Å². The van der Waals surface area contributed by atoms with Gasteiger partial charge >= 0.3 is 0 Å². The molecule has 1 aromatic carbocycles. The molecule has 3 heterocycles. The molecule has 2 aliphatic heterocycles. The topological polar surface area (TPSA) is 74.5 Å². The van der Waals surface area contributed by atoms with Gasteiger partial charge in [0.2, 0.25) is 11.8 Å². The van der Waals surface area contributed by atoms with Crippen LogP contribution in [0, 0.1) is 0 Å². The Morgan fingerprint density at radius 3 is 2.79 bits per heavy atom. The van der Waals surface area contributed by atoms with Gasteiger partial charge < -0.3 is 14.7 Å². The number of rotatable bonds is 5. The predicted octanol–water partition coefficient (Wildman–Crippen LogP) is 2.54. The number of likely N-dealkylation sites (N-methyl/N-ethyl adjacent to an activating group) is 1. The summed E-state index contributed by atoms with van der Waals surface area (Å²) in [6.07, 6.45) is 2.60. The van der Waals surface area contributed by atoms with Gasteiger partial charge in [0.05, 0.1) is 12.0 Å². The van der Waals surface area contributed by atoms with E-state index in [1.54, 1.807) is 0 Å². The van der Waals surface area contributed by atoms with E-state index in [4.69, 9.17) is 4.52 Å². The second-order valence-electron chi connectivity index (χ2n) is 7.51. The molecule has 1 N–H and O–H groups in total. The molecular formula is C20H28ClN5O2. The average molecular weight is 406 g/mol. The summed E-state index contributed by atoms with van der Waals surface area (Å²) in [5.41, 5.74) is 2.24. The smallest absolute Gasteiger partial charge is 0.232 e. The van der Waals surface area contributed by atoms with Crippen molar-refractivity contribution < 1.29 is 9.32 Å². The first-order valence-electron chi connectivity index (χ1n) is 9.79. The number of nitrogens with zero attached hydrogens (tertiary/aromatic N) is 4. The van der Waals surface area contributed by atoms with Crippen molar-refractivity contribution >= 4 is 24.0 Å². The van der Waals surface area contributed by atoms with Gasteiger partial charge in [-0.25, -0.2) is 0 Å². The fourth-order valence-electron chi connectivity index (χ4n) is 3.90. The molecule has 0 aliphatic carbocycles. The van der Waals surface area contributed by atoms with Gasteiger partial charge in [-0.05, 0) is 31.2 Å². The van der Waals surface area contributed by atoms with Gasteiger partial charge in [-0.15, -0.1) is 12.4 Å². The average Bonchev–Trinajstić information content (AvgIpc) is 3.30. The Kier molecular flexibility index (Phi) is 6.69. The van der Waals surface area contributed by atoms with Crippen LogP contribution >= 0.6 is 12.4 Å². The highest BCUT2D eigenvalue weighted by Gasteiger charge is 2.36. The standard InChI is InChI=1S/C20H27N5O2.ClH/c1-3-4-14-5-7-16(8-6-14)25-13-15(11-18(25)26)20-22-19(23-27-20)17-12-21-9-10-24(17)2;/h5-8,15,17,21H,3-4,9-13H2,1-2H3;1H. The monoisotopic (exact) mass is 405 g/mol. The highest BCUT2D eigenvalue weighted by molar-refractivity contribution is 5.96. The largest absolute Gasteiger partial charge is 0.339 e. The van der Waals surface area contributed by atoms with Gasteiger partial charge in [-0.1, -0.05) is 30.6 Å². The second-order valence-corrected chi connectivity index (χ2v) is 7.51. The molecule has 0 spiro atoms. The van der Waals surface area contributed by atoms with E-state index in [-0.39, 0.29) is 30.3 Å². The molecule has 1 amide bonds. The first kappa shape index (κ1) is 20.8. The Bertz CT molecular complexity index is 794. The first-order valence-corrected chi connectivity index (χ1v) is 9.79. The van der Waals surface area contributed by atoms with Crippen LogP contribution in [-0.4, -0.2) is 54.2 Å². The second kappa shape index (κ2) is 9.03. The fraction of sp³-hybridized carbons (Fsp3) is 0.550. The molecule has 4 rings (SSSR count). The van der Waals surface area contributed by atoms with Crippen LogP contribution in [0.1, 0.15) is 49.0 Å². The van der Waals surface area contributed by atoms with Crippen LogP contribution in [0.25, 0.3) is 0 Å². The number of carbonyl (C=O) groups excluding carboxylic acids is 1. The third-order valence-electron chi connectivity index (χ3n) is 5.53. The first-order chi connectivity index (χ1) is 13.2. The van der Waals surface area contributed by atoms with E-state index in [1.807, 2.05) is 17.0 Å². The maximum Gasteiger partial charge on any atom is 0.232 e. The molecule has 152 valence electrons. The van der Waals surface area contributed by atoms with Crippen molar-refractivity contribution in [2.45, 2.75) is 38.1 Å². The molecule has 2 unspecified atom stereocenters. The fourth-order valence-corrected chi connectivity index (χ4v) is 3.90. The van der Waals surface area contributed by atoms with Crippen LogP contribution in [0.5, 0.6) is 0 Å². The van der Waals surface area contributed by atoms with Crippen LogP contribution in [0.4, 0.5) is 5.69 Å². The van der Waals surface area contributed by atoms with Gasteiger partial charge in [-0.3, -0.25) is 9.69 Å². The van der Waals surface area contributed by atoms with Crippen molar-refractivity contribution in [3.05, 3.63) is 41.5 Å². The lowest BCUT2D eigenvalue weighted by Crippen LogP contribution is -2.44. The predicted molar refractivity (Wildman–Crippen MR) is 110 cm³/mol. The van der Waals surface area contributed by atoms with Gasteiger partial charge in [-0.2, -0.15) is 4.98 Å². The van der Waals surface area contributed by atoms with Crippen molar-refractivity contribution in [2.24, 2.45) is 0 Å². The number of benzene rings is 1. The summed E-state index contributed by atoms with van der Waals surface area (Å²) < 4.78 is 5.54. The highest BCUT2D eigenvalue weighted by Crippen LogP contribution is 2.32. The molecule has 2 aromatic rings. The lowest BCUT2D eigenvalue weighted by molar-refractivity contribution is -0.117. The van der Waals surface area contributed by atoms with Gasteiger partial charge in [0.25, 0.3) is 0 Å². The number of amides is 1. The number of piperazine rings is 1. The van der Waals surface area contributed by atoms with Crippen LogP contribution in [0.15, 0.2) is 28.8 Å². The number of anilines is 1. The number of halogens is 1. The molecule has 0 saturated carbocycles. The lowest BCUT2D eigenvalue weighted by atomic mass is 10.1. The van der Waals surface area contributed by atoms with Gasteiger partial charge in [0.15, 0.2) is 5.82 Å². The number of aryl methyl sites for hydroxylation is 1. The third-order valence-corrected chi connectivity index (χ3v) is 5.53. The Labute approximate surface area is 171 Å². The summed E-state index contributed by atoms with van der Waals surface area (Å²) in [5, 5.41) is 7.56. The molecule has 2 fully saturated rings. The maximum atomic E-state index is 12.5. The minimum atomic E-state index is -0.0454. The third kappa shape index (κ3) is 4.21. The SMILES string of the molecule is CCCc1ccc(N2CC(c3nc(C4CNCCN4C)no3)CC2=O)cc1.Cl. The van der Waals surface area contributed by atoms with E-state index < -0.39 is 0 Å². The van der Waals surface area contributed by atoms with Crippen molar-refractivity contribution in [3.8, 4) is 0 Å². The van der Waals surface area contributed by atoms with E-state index in [2.05, 4.69) is 46.5 Å². The van der Waals surface area contributed by atoms with Gasteiger partial charge in [0, 0.05) is 38.3 Å². The summed E-state index contributed by atoms with van der Waals surface area (Å²) in [5.74, 6) is 1.34. The van der Waals surface area contributed by atoms with Crippen molar-refractivity contribution in [1.29, 1.82) is 0 Å². The van der Waals surface area contributed by atoms with Crippen LogP contribution in [0.2, 0.25) is 0 Å². The zero-order chi connectivity index (χ0) is 18.8. The zero-order valence-corrected chi connectivity index (χ0v) is 17.2. The van der Waals surface area contributed by atoms with Gasteiger partial charge in [0.1, 0.15) is 0 Å². The summed E-state index contributed by atoms with van der Waals surface area (Å²) >= 11 is 0. The summed E-state index contributed by atoms with van der Waals surface area (Å²) in [6.45, 7) is 5.50. The maximum absolute atomic E-state index is 12.5.